The molecule has 3 rings (SSSR count). The molecule has 0 saturated heterocycles. The van der Waals surface area contributed by atoms with Gasteiger partial charge in [-0.25, -0.2) is 4.79 Å². The Morgan fingerprint density at radius 1 is 1.17 bits per heavy atom. The summed E-state index contributed by atoms with van der Waals surface area (Å²) in [5.74, 6) is 0.410. The van der Waals surface area contributed by atoms with Crippen molar-refractivity contribution in [2.24, 2.45) is 0 Å². The molecule has 2 N–H and O–H groups in total. The maximum atomic E-state index is 13.0. The van der Waals surface area contributed by atoms with E-state index in [1.807, 2.05) is 49.4 Å². The molecule has 3 aromatic rings. The lowest BCUT2D eigenvalue weighted by Crippen LogP contribution is -2.33. The minimum atomic E-state index is -0.697. The summed E-state index contributed by atoms with van der Waals surface area (Å²) in [6, 6.07) is 13.1. The van der Waals surface area contributed by atoms with Crippen LogP contribution in [0.1, 0.15) is 69.3 Å². The monoisotopic (exact) mass is 495 g/mol. The van der Waals surface area contributed by atoms with E-state index in [-0.39, 0.29) is 18.6 Å². The second-order valence-electron chi connectivity index (χ2n) is 9.74. The standard InChI is InChI=1S/C29H37NO6/c1-6-35-28(32)25-22-17-20(14-15-24(31)30-19(2)11-10-16-29(3,4)33)18-23(34-5)27(22)36-26(25)21-12-8-7-9-13-21/h7-9,12-13,17-19,33H,6,10-11,14-16H2,1-5H3,(H,30,31). The van der Waals surface area contributed by atoms with Crippen LogP contribution in [-0.4, -0.2) is 42.3 Å². The summed E-state index contributed by atoms with van der Waals surface area (Å²) in [4.78, 5) is 25.5. The molecule has 1 unspecified atom stereocenters. The summed E-state index contributed by atoms with van der Waals surface area (Å²) in [6.07, 6.45) is 3.09. The van der Waals surface area contributed by atoms with Crippen LogP contribution in [0.25, 0.3) is 22.3 Å². The SMILES string of the molecule is CCOC(=O)c1c(-c2ccccc2)oc2c(OC)cc(CCC(=O)NC(C)CCCC(C)(C)O)cc12. The van der Waals surface area contributed by atoms with Gasteiger partial charge in [0, 0.05) is 23.4 Å². The number of nitrogens with one attached hydrogen (secondary N) is 1. The Labute approximate surface area is 212 Å². The molecule has 0 aliphatic heterocycles. The van der Waals surface area contributed by atoms with Crippen LogP contribution in [0.4, 0.5) is 0 Å². The molecule has 0 saturated carbocycles. The summed E-state index contributed by atoms with van der Waals surface area (Å²) >= 11 is 0. The number of methoxy groups -OCH3 is 1. The minimum absolute atomic E-state index is 0.0228. The molecule has 1 amide bonds. The molecule has 0 aliphatic carbocycles. The Kier molecular flexibility index (Phi) is 9.15. The highest BCUT2D eigenvalue weighted by molar-refractivity contribution is 6.10. The first-order valence-electron chi connectivity index (χ1n) is 12.5. The molecule has 0 fully saturated rings. The zero-order chi connectivity index (χ0) is 26.3. The minimum Gasteiger partial charge on any atom is -0.493 e. The van der Waals surface area contributed by atoms with Gasteiger partial charge in [0.05, 0.1) is 19.3 Å². The molecular weight excluding hydrogens is 458 g/mol. The molecule has 0 bridgehead atoms. The van der Waals surface area contributed by atoms with Crippen molar-refractivity contribution in [1.29, 1.82) is 0 Å². The molecule has 7 heteroatoms. The van der Waals surface area contributed by atoms with Crippen molar-refractivity contribution >= 4 is 22.8 Å². The van der Waals surface area contributed by atoms with Crippen LogP contribution in [0, 0.1) is 0 Å². The number of furan rings is 1. The smallest absolute Gasteiger partial charge is 0.342 e. The van der Waals surface area contributed by atoms with Gasteiger partial charge in [0.2, 0.25) is 5.91 Å². The number of esters is 1. The molecule has 0 aliphatic rings. The first-order valence-corrected chi connectivity index (χ1v) is 12.5. The van der Waals surface area contributed by atoms with Gasteiger partial charge in [-0.1, -0.05) is 30.3 Å². The molecule has 7 nitrogen and oxygen atoms in total. The molecule has 36 heavy (non-hydrogen) atoms. The number of aliphatic hydroxyl groups is 1. The van der Waals surface area contributed by atoms with Crippen LogP contribution in [0.15, 0.2) is 46.9 Å². The van der Waals surface area contributed by atoms with E-state index in [0.717, 1.165) is 24.0 Å². The quantitative estimate of drug-likeness (QED) is 0.315. The fourth-order valence-corrected chi connectivity index (χ4v) is 4.24. The molecule has 0 spiro atoms. The third-order valence-electron chi connectivity index (χ3n) is 6.02. The molecule has 1 atom stereocenters. The van der Waals surface area contributed by atoms with Gasteiger partial charge in [0.1, 0.15) is 11.3 Å². The first-order chi connectivity index (χ1) is 17.1. The lowest BCUT2D eigenvalue weighted by Gasteiger charge is -2.19. The number of ether oxygens (including phenoxy) is 2. The van der Waals surface area contributed by atoms with Gasteiger partial charge in [-0.3, -0.25) is 4.79 Å². The van der Waals surface area contributed by atoms with Crippen LogP contribution in [0.5, 0.6) is 5.75 Å². The van der Waals surface area contributed by atoms with Gasteiger partial charge in [0.15, 0.2) is 11.3 Å². The summed E-state index contributed by atoms with van der Waals surface area (Å²) < 4.78 is 17.1. The van der Waals surface area contributed by atoms with E-state index in [0.29, 0.717) is 47.3 Å². The van der Waals surface area contributed by atoms with Crippen molar-refractivity contribution in [3.05, 3.63) is 53.6 Å². The van der Waals surface area contributed by atoms with Crippen molar-refractivity contribution in [2.45, 2.75) is 71.4 Å². The third-order valence-corrected chi connectivity index (χ3v) is 6.02. The Morgan fingerprint density at radius 3 is 2.53 bits per heavy atom. The molecule has 194 valence electrons. The highest BCUT2D eigenvalue weighted by Gasteiger charge is 2.26. The van der Waals surface area contributed by atoms with E-state index in [2.05, 4.69) is 5.32 Å². The lowest BCUT2D eigenvalue weighted by atomic mass is 9.99. The predicted molar refractivity (Wildman–Crippen MR) is 140 cm³/mol. The number of carbonyl (C=O) groups excluding carboxylic acids is 2. The van der Waals surface area contributed by atoms with Gasteiger partial charge in [-0.05, 0) is 71.1 Å². The van der Waals surface area contributed by atoms with Gasteiger partial charge in [0.25, 0.3) is 0 Å². The van der Waals surface area contributed by atoms with E-state index >= 15 is 0 Å². The number of hydrogen-bond acceptors (Lipinski definition) is 6. The highest BCUT2D eigenvalue weighted by atomic mass is 16.5. The number of benzene rings is 2. The summed E-state index contributed by atoms with van der Waals surface area (Å²) in [5.41, 5.74) is 1.74. The van der Waals surface area contributed by atoms with E-state index in [1.54, 1.807) is 27.9 Å². The topological polar surface area (TPSA) is 98.0 Å². The van der Waals surface area contributed by atoms with E-state index in [9.17, 15) is 14.7 Å². The summed E-state index contributed by atoms with van der Waals surface area (Å²) in [7, 11) is 1.55. The number of carbonyl (C=O) groups is 2. The van der Waals surface area contributed by atoms with Crippen LogP contribution in [-0.2, 0) is 16.0 Å². The second kappa shape index (κ2) is 12.1. The largest absolute Gasteiger partial charge is 0.493 e. The van der Waals surface area contributed by atoms with Gasteiger partial charge in [-0.15, -0.1) is 0 Å². The normalized spacial score (nSPS) is 12.4. The van der Waals surface area contributed by atoms with Crippen molar-refractivity contribution in [3.8, 4) is 17.1 Å². The lowest BCUT2D eigenvalue weighted by molar-refractivity contribution is -0.121. The number of hydrogen-bond donors (Lipinski definition) is 2. The van der Waals surface area contributed by atoms with Gasteiger partial charge < -0.3 is 24.3 Å². The van der Waals surface area contributed by atoms with Crippen LogP contribution in [0.3, 0.4) is 0 Å². The van der Waals surface area contributed by atoms with E-state index < -0.39 is 11.6 Å². The van der Waals surface area contributed by atoms with Crippen molar-refractivity contribution in [3.63, 3.8) is 0 Å². The third kappa shape index (κ3) is 7.10. The first kappa shape index (κ1) is 27.3. The average molecular weight is 496 g/mol. The average Bonchev–Trinajstić information content (AvgIpc) is 3.21. The molecule has 1 heterocycles. The molecule has 1 aromatic heterocycles. The van der Waals surface area contributed by atoms with Crippen molar-refractivity contribution in [1.82, 2.24) is 5.32 Å². The van der Waals surface area contributed by atoms with Crippen molar-refractivity contribution in [2.75, 3.05) is 13.7 Å². The van der Waals surface area contributed by atoms with Gasteiger partial charge in [-0.2, -0.15) is 0 Å². The van der Waals surface area contributed by atoms with Crippen LogP contribution in [0.2, 0.25) is 0 Å². The zero-order valence-electron chi connectivity index (χ0n) is 21.8. The van der Waals surface area contributed by atoms with E-state index in [4.69, 9.17) is 13.9 Å². The fourth-order valence-electron chi connectivity index (χ4n) is 4.24. The predicted octanol–water partition coefficient (Wildman–Crippen LogP) is 5.66. The molecule has 2 aromatic carbocycles. The number of rotatable bonds is 12. The zero-order valence-corrected chi connectivity index (χ0v) is 21.8. The Balaban J connectivity index is 1.82. The van der Waals surface area contributed by atoms with Crippen LogP contribution < -0.4 is 10.1 Å². The fraction of sp³-hybridized carbons (Fsp3) is 0.448. The van der Waals surface area contributed by atoms with E-state index in [1.165, 1.54) is 0 Å². The summed E-state index contributed by atoms with van der Waals surface area (Å²) in [6.45, 7) is 7.55. The molecule has 0 radical (unpaired) electrons. The Hall–Kier alpha value is -3.32. The van der Waals surface area contributed by atoms with Gasteiger partial charge >= 0.3 is 5.97 Å². The van der Waals surface area contributed by atoms with Crippen LogP contribution >= 0.6 is 0 Å². The number of aryl methyl sites for hydroxylation is 1. The highest BCUT2D eigenvalue weighted by Crippen LogP contribution is 2.39. The number of amides is 1. The second-order valence-corrected chi connectivity index (χ2v) is 9.74. The maximum absolute atomic E-state index is 13.0. The Bertz CT molecular complexity index is 1180. The maximum Gasteiger partial charge on any atom is 0.342 e. The molecular formula is C29H37NO6. The summed E-state index contributed by atoms with van der Waals surface area (Å²) in [5, 5.41) is 13.5. The Morgan fingerprint density at radius 2 is 1.89 bits per heavy atom. The number of fused-ring (bicyclic) bond motifs is 1. The van der Waals surface area contributed by atoms with Crippen molar-refractivity contribution < 1.29 is 28.6 Å².